The quantitative estimate of drug-likeness (QED) is 0.198. The number of nitrogens with one attached hydrogen (secondary N) is 1. The fourth-order valence-electron chi connectivity index (χ4n) is 6.83. The Labute approximate surface area is 234 Å². The number of aryl methyl sites for hydroxylation is 1. The molecular weight excluding hydrogens is 547 g/mol. The molecule has 7 N–H and O–H groups in total. The third-order valence-electron chi connectivity index (χ3n) is 8.61. The number of carbonyl (C=O) groups excluding carboxylic acids is 3. The molecule has 0 bridgehead atoms. The number of nitrogens with zero attached hydrogens (tertiary/aromatic N) is 1. The average Bonchev–Trinajstić information content (AvgIpc) is 2.87. The molecule has 0 aliphatic heterocycles. The van der Waals surface area contributed by atoms with Crippen LogP contribution < -0.4 is 11.1 Å². The monoisotopic (exact) mass is 581 g/mol. The molecule has 1 aromatic rings. The van der Waals surface area contributed by atoms with Gasteiger partial charge in [0.15, 0.2) is 11.4 Å². The van der Waals surface area contributed by atoms with Gasteiger partial charge in [-0.25, -0.2) is 0 Å². The van der Waals surface area contributed by atoms with Gasteiger partial charge in [0.05, 0.1) is 17.2 Å². The topological polar surface area (TPSA) is 173 Å². The Hall–Kier alpha value is -3.42. The van der Waals surface area contributed by atoms with E-state index in [-0.39, 0.29) is 37.1 Å². The van der Waals surface area contributed by atoms with Crippen molar-refractivity contribution in [1.82, 2.24) is 10.2 Å². The summed E-state index contributed by atoms with van der Waals surface area (Å²) in [6.45, 7) is 4.30. The fraction of sp³-hybridized carbons (Fsp3) is 0.536. The number of hydrogen-bond donors (Lipinski definition) is 6. The third kappa shape index (κ3) is 4.59. The Morgan fingerprint density at radius 1 is 1.20 bits per heavy atom. The number of phenols is 1. The maximum absolute atomic E-state index is 14.5. The van der Waals surface area contributed by atoms with E-state index < -0.39 is 93.1 Å². The second-order valence-corrected chi connectivity index (χ2v) is 10.7. The lowest BCUT2D eigenvalue weighted by atomic mass is 9.57. The molecule has 224 valence electrons. The maximum atomic E-state index is 14.5. The maximum Gasteiger partial charge on any atom is 0.416 e. The van der Waals surface area contributed by atoms with E-state index >= 15 is 0 Å². The summed E-state index contributed by atoms with van der Waals surface area (Å²) in [6.07, 6.45) is -5.25. The van der Waals surface area contributed by atoms with Gasteiger partial charge >= 0.3 is 6.18 Å². The first-order valence-electron chi connectivity index (χ1n) is 13.5. The van der Waals surface area contributed by atoms with E-state index in [1.807, 2.05) is 0 Å². The Bertz CT molecular complexity index is 1370. The highest BCUT2D eigenvalue weighted by Gasteiger charge is 2.64. The normalized spacial score (nSPS) is 26.3. The van der Waals surface area contributed by atoms with Gasteiger partial charge in [-0.1, -0.05) is 13.8 Å². The largest absolute Gasteiger partial charge is 0.508 e. The molecule has 41 heavy (non-hydrogen) atoms. The summed E-state index contributed by atoms with van der Waals surface area (Å²) in [5.74, 6) is -8.88. The van der Waals surface area contributed by atoms with E-state index in [4.69, 9.17) is 5.73 Å². The van der Waals surface area contributed by atoms with Gasteiger partial charge in [-0.05, 0) is 75.5 Å². The molecule has 3 aliphatic rings. The molecule has 10 nitrogen and oxygen atoms in total. The lowest BCUT2D eigenvalue weighted by Gasteiger charge is -2.51. The van der Waals surface area contributed by atoms with E-state index in [2.05, 4.69) is 5.32 Å². The molecule has 1 aromatic carbocycles. The van der Waals surface area contributed by atoms with Crippen molar-refractivity contribution in [2.45, 2.75) is 57.3 Å². The van der Waals surface area contributed by atoms with Crippen LogP contribution in [0.1, 0.15) is 48.9 Å². The van der Waals surface area contributed by atoms with Crippen molar-refractivity contribution in [2.75, 3.05) is 26.7 Å². The molecule has 0 radical (unpaired) electrons. The van der Waals surface area contributed by atoms with E-state index in [9.17, 15) is 48.0 Å². The summed E-state index contributed by atoms with van der Waals surface area (Å²) in [6, 6.07) is -0.386. The fourth-order valence-corrected chi connectivity index (χ4v) is 6.83. The standard InChI is InChI=1S/C28H34F3N3O7/c1-4-34(5-2)21-15-10-13-9-14-18(16(35)11-12(7-6-8-33-3)20(14)28(29,30)31)22(36)17(13)24(38)27(15,41)25(39)19(23(21)37)26(32)40/h11,13,15,21,33,35-36,39,41H,4-10H2,1-3H3,(H2,32,40)/t13-,15-,21-,27-/m0/s1. The van der Waals surface area contributed by atoms with Gasteiger partial charge in [-0.15, -0.1) is 0 Å². The van der Waals surface area contributed by atoms with Crippen LogP contribution >= 0.6 is 0 Å². The van der Waals surface area contributed by atoms with E-state index in [0.717, 1.165) is 6.07 Å². The van der Waals surface area contributed by atoms with Crippen molar-refractivity contribution in [1.29, 1.82) is 0 Å². The summed E-state index contributed by atoms with van der Waals surface area (Å²) >= 11 is 0. The van der Waals surface area contributed by atoms with E-state index in [1.165, 1.54) is 0 Å². The summed E-state index contributed by atoms with van der Waals surface area (Å²) in [7, 11) is 1.65. The number of benzene rings is 1. The SMILES string of the molecule is CCN(CC)[C@@H]1C(=O)C(C(N)=O)=C(O)[C@@]2(O)C(=O)C3=C(O)c4c(O)cc(CCCNC)c(C(F)(F)F)c4C[C@H]3C[C@@H]12. The van der Waals surface area contributed by atoms with Gasteiger partial charge < -0.3 is 31.5 Å². The first-order valence-corrected chi connectivity index (χ1v) is 13.5. The van der Waals surface area contributed by atoms with Crippen LogP contribution in [0.4, 0.5) is 13.2 Å². The van der Waals surface area contributed by atoms with E-state index in [1.54, 1.807) is 25.8 Å². The Kier molecular flexibility index (Phi) is 8.02. The zero-order valence-corrected chi connectivity index (χ0v) is 22.9. The van der Waals surface area contributed by atoms with Crippen LogP contribution in [0.25, 0.3) is 5.76 Å². The first-order chi connectivity index (χ1) is 19.2. The molecule has 1 amide bonds. The lowest BCUT2D eigenvalue weighted by molar-refractivity contribution is -0.154. The molecule has 4 rings (SSSR count). The summed E-state index contributed by atoms with van der Waals surface area (Å²) in [5.41, 5.74) is -1.10. The van der Waals surface area contributed by atoms with Crippen LogP contribution in [0.15, 0.2) is 23.0 Å². The second-order valence-electron chi connectivity index (χ2n) is 10.7. The van der Waals surface area contributed by atoms with Gasteiger partial charge in [-0.2, -0.15) is 13.2 Å². The van der Waals surface area contributed by atoms with Crippen LogP contribution in [0.5, 0.6) is 5.75 Å². The lowest BCUT2D eigenvalue weighted by Crippen LogP contribution is -2.66. The summed E-state index contributed by atoms with van der Waals surface area (Å²) in [4.78, 5) is 41.1. The minimum Gasteiger partial charge on any atom is -0.508 e. The van der Waals surface area contributed by atoms with Crippen molar-refractivity contribution in [2.24, 2.45) is 17.6 Å². The third-order valence-corrected chi connectivity index (χ3v) is 8.61. The number of nitrogens with two attached hydrogens (primary N) is 1. The number of aliphatic hydroxyl groups is 3. The van der Waals surface area contributed by atoms with Crippen molar-refractivity contribution in [3.05, 3.63) is 45.2 Å². The molecular formula is C28H34F3N3O7. The number of amides is 1. The molecule has 3 aliphatic carbocycles. The molecule has 0 unspecified atom stereocenters. The number of fused-ring (bicyclic) bond motifs is 3. The molecule has 0 spiro atoms. The van der Waals surface area contributed by atoms with Crippen molar-refractivity contribution >= 4 is 23.2 Å². The molecule has 13 heteroatoms. The number of alkyl halides is 3. The number of carbonyl (C=O) groups is 3. The second kappa shape index (κ2) is 10.8. The van der Waals surface area contributed by atoms with Crippen LogP contribution in [0.2, 0.25) is 0 Å². The number of ketones is 2. The molecule has 1 saturated carbocycles. The van der Waals surface area contributed by atoms with Crippen molar-refractivity contribution in [3.8, 4) is 5.75 Å². The highest BCUT2D eigenvalue weighted by Crippen LogP contribution is 2.54. The van der Waals surface area contributed by atoms with Crippen LogP contribution in [-0.4, -0.2) is 81.1 Å². The smallest absolute Gasteiger partial charge is 0.416 e. The number of aromatic hydroxyl groups is 1. The zero-order valence-electron chi connectivity index (χ0n) is 22.9. The predicted molar refractivity (Wildman–Crippen MR) is 141 cm³/mol. The summed E-state index contributed by atoms with van der Waals surface area (Å²) in [5, 5.41) is 47.6. The van der Waals surface area contributed by atoms with Crippen molar-refractivity contribution < 1.29 is 48.0 Å². The summed E-state index contributed by atoms with van der Waals surface area (Å²) < 4.78 is 43.4. The predicted octanol–water partition coefficient (Wildman–Crippen LogP) is 1.91. The minimum absolute atomic E-state index is 0.0209. The highest BCUT2D eigenvalue weighted by atomic mass is 19.4. The Morgan fingerprint density at radius 2 is 1.83 bits per heavy atom. The van der Waals surface area contributed by atoms with Gasteiger partial charge in [0, 0.05) is 11.5 Å². The van der Waals surface area contributed by atoms with Gasteiger partial charge in [0.1, 0.15) is 22.8 Å². The Morgan fingerprint density at radius 3 is 2.37 bits per heavy atom. The molecule has 4 atom stereocenters. The number of primary amides is 1. The number of hydrogen-bond acceptors (Lipinski definition) is 9. The number of rotatable bonds is 8. The van der Waals surface area contributed by atoms with Crippen molar-refractivity contribution in [3.63, 3.8) is 0 Å². The van der Waals surface area contributed by atoms with Crippen LogP contribution in [0.3, 0.4) is 0 Å². The number of aliphatic hydroxyl groups excluding tert-OH is 2. The van der Waals surface area contributed by atoms with E-state index in [0.29, 0.717) is 13.0 Å². The average molecular weight is 582 g/mol. The number of halogens is 3. The molecule has 0 heterocycles. The van der Waals surface area contributed by atoms with Crippen LogP contribution in [-0.2, 0) is 33.4 Å². The minimum atomic E-state index is -4.86. The first kappa shape index (κ1) is 30.5. The highest BCUT2D eigenvalue weighted by molar-refractivity contribution is 6.24. The van der Waals surface area contributed by atoms with Gasteiger partial charge in [0.2, 0.25) is 5.78 Å². The van der Waals surface area contributed by atoms with Gasteiger partial charge in [0.25, 0.3) is 5.91 Å². The number of likely N-dealkylation sites (N-methyl/N-ethyl adjacent to an activating group) is 1. The van der Waals surface area contributed by atoms with Gasteiger partial charge in [-0.3, -0.25) is 19.3 Å². The number of Topliss-reactive ketones (excluding diaryl/α,β-unsaturated/α-hetero) is 2. The molecule has 0 aromatic heterocycles. The number of phenolic OH excluding ortho intramolecular Hbond substituents is 1. The zero-order chi connectivity index (χ0) is 30.6. The Balaban J connectivity index is 1.98. The molecule has 0 saturated heterocycles. The molecule has 1 fully saturated rings. The van der Waals surface area contributed by atoms with Crippen LogP contribution in [0, 0.1) is 11.8 Å².